The van der Waals surface area contributed by atoms with Crippen molar-refractivity contribution in [2.24, 2.45) is 0 Å². The molecule has 2 amide bonds. The van der Waals surface area contributed by atoms with Gasteiger partial charge in [0.1, 0.15) is 11.4 Å². The van der Waals surface area contributed by atoms with Gasteiger partial charge >= 0.3 is 0 Å². The highest BCUT2D eigenvalue weighted by Crippen LogP contribution is 2.12. The summed E-state index contributed by atoms with van der Waals surface area (Å²) in [5.41, 5.74) is 1.54. The van der Waals surface area contributed by atoms with Gasteiger partial charge in [0.15, 0.2) is 0 Å². The molecule has 132 valence electrons. The zero-order valence-electron chi connectivity index (χ0n) is 14.1. The van der Waals surface area contributed by atoms with Gasteiger partial charge in [-0.2, -0.15) is 0 Å². The van der Waals surface area contributed by atoms with Crippen molar-refractivity contribution in [3.05, 3.63) is 71.9 Å². The van der Waals surface area contributed by atoms with Gasteiger partial charge < -0.3 is 15.7 Å². The van der Waals surface area contributed by atoms with Crippen LogP contribution >= 0.6 is 0 Å². The average Bonchev–Trinajstić information content (AvgIpc) is 2.67. The molecule has 0 atom stereocenters. The van der Waals surface area contributed by atoms with E-state index in [0.717, 1.165) is 10.9 Å². The third kappa shape index (κ3) is 4.36. The Morgan fingerprint density at radius 1 is 0.885 bits per heavy atom. The summed E-state index contributed by atoms with van der Waals surface area (Å²) in [5, 5.41) is 15.9. The smallest absolute Gasteiger partial charge is 0.269 e. The van der Waals surface area contributed by atoms with Crippen molar-refractivity contribution in [3.8, 4) is 5.75 Å². The summed E-state index contributed by atoms with van der Waals surface area (Å²) in [6.07, 6.45) is 0.587. The molecule has 0 radical (unpaired) electrons. The number of phenolic OH excluding ortho intramolecular Hbond substituents is 1. The quantitative estimate of drug-likeness (QED) is 0.596. The maximum Gasteiger partial charge on any atom is 0.269 e. The number of pyridine rings is 1. The second kappa shape index (κ2) is 8.11. The number of aromatic hydroxyl groups is 1. The number of carbonyl (C=O) groups is 2. The normalized spacial score (nSPS) is 10.5. The van der Waals surface area contributed by atoms with E-state index < -0.39 is 0 Å². The molecule has 0 saturated carbocycles. The van der Waals surface area contributed by atoms with Crippen LogP contribution in [0.15, 0.2) is 60.7 Å². The van der Waals surface area contributed by atoms with Crippen LogP contribution in [0.4, 0.5) is 0 Å². The first-order chi connectivity index (χ1) is 12.6. The second-order valence-corrected chi connectivity index (χ2v) is 5.80. The highest BCUT2D eigenvalue weighted by Gasteiger charge is 2.08. The largest absolute Gasteiger partial charge is 0.508 e. The molecule has 1 aromatic heterocycles. The minimum atomic E-state index is -0.261. The predicted octanol–water partition coefficient (Wildman–Crippen LogP) is 2.49. The van der Waals surface area contributed by atoms with E-state index in [1.807, 2.05) is 30.3 Å². The van der Waals surface area contributed by atoms with E-state index in [0.29, 0.717) is 30.8 Å². The molecule has 3 aromatic rings. The Bertz CT molecular complexity index is 940. The van der Waals surface area contributed by atoms with Gasteiger partial charge in [-0.05, 0) is 36.8 Å². The maximum absolute atomic E-state index is 12.2. The van der Waals surface area contributed by atoms with Gasteiger partial charge in [-0.1, -0.05) is 30.3 Å². The van der Waals surface area contributed by atoms with E-state index >= 15 is 0 Å². The summed E-state index contributed by atoms with van der Waals surface area (Å²) in [6.45, 7) is 0.841. The number of fused-ring (bicyclic) bond motifs is 1. The Labute approximate surface area is 150 Å². The molecule has 0 fully saturated rings. The third-order valence-corrected chi connectivity index (χ3v) is 3.86. The van der Waals surface area contributed by atoms with Crippen molar-refractivity contribution in [3.63, 3.8) is 0 Å². The number of amides is 2. The molecule has 0 saturated heterocycles. The fourth-order valence-corrected chi connectivity index (χ4v) is 2.52. The number of para-hydroxylation sites is 1. The fraction of sp³-hybridized carbons (Fsp3) is 0.150. The lowest BCUT2D eigenvalue weighted by atomic mass is 10.2. The van der Waals surface area contributed by atoms with Crippen molar-refractivity contribution < 1.29 is 14.7 Å². The topological polar surface area (TPSA) is 91.3 Å². The first kappa shape index (κ1) is 17.4. The number of nitrogens with zero attached hydrogens (tertiary/aromatic N) is 1. The molecule has 1 heterocycles. The second-order valence-electron chi connectivity index (χ2n) is 5.80. The maximum atomic E-state index is 12.2. The molecule has 0 aliphatic heterocycles. The Morgan fingerprint density at radius 3 is 2.46 bits per heavy atom. The molecule has 0 aliphatic carbocycles. The highest BCUT2D eigenvalue weighted by atomic mass is 16.3. The Morgan fingerprint density at radius 2 is 1.65 bits per heavy atom. The Balaban J connectivity index is 1.44. The van der Waals surface area contributed by atoms with Crippen molar-refractivity contribution in [2.45, 2.75) is 6.42 Å². The van der Waals surface area contributed by atoms with Crippen molar-refractivity contribution in [1.29, 1.82) is 0 Å². The van der Waals surface area contributed by atoms with E-state index in [1.54, 1.807) is 18.2 Å². The molecular weight excluding hydrogens is 330 g/mol. The zero-order chi connectivity index (χ0) is 18.4. The van der Waals surface area contributed by atoms with E-state index in [4.69, 9.17) is 0 Å². The predicted molar refractivity (Wildman–Crippen MR) is 99.1 cm³/mol. The summed E-state index contributed by atoms with van der Waals surface area (Å²) >= 11 is 0. The van der Waals surface area contributed by atoms with Crippen LogP contribution < -0.4 is 10.6 Å². The van der Waals surface area contributed by atoms with Crippen LogP contribution in [0.3, 0.4) is 0 Å². The lowest BCUT2D eigenvalue weighted by molar-refractivity contribution is 0.0948. The standard InChI is InChI=1S/C20H19N3O3/c24-16-7-3-6-15(13-16)19(25)21-11-4-12-22-20(26)18-10-9-14-5-1-2-8-17(14)23-18/h1-3,5-10,13,24H,4,11-12H2,(H,21,25)(H,22,26). The monoisotopic (exact) mass is 349 g/mol. The van der Waals surface area contributed by atoms with Crippen LogP contribution in [0.2, 0.25) is 0 Å². The van der Waals surface area contributed by atoms with Crippen LogP contribution in [0, 0.1) is 0 Å². The lowest BCUT2D eigenvalue weighted by Gasteiger charge is -2.07. The van der Waals surface area contributed by atoms with E-state index in [-0.39, 0.29) is 17.6 Å². The number of aromatic nitrogens is 1. The van der Waals surface area contributed by atoms with Gasteiger partial charge in [-0.25, -0.2) is 4.98 Å². The fourth-order valence-electron chi connectivity index (χ4n) is 2.52. The molecule has 3 N–H and O–H groups in total. The number of nitrogens with one attached hydrogen (secondary N) is 2. The molecular formula is C20H19N3O3. The van der Waals surface area contributed by atoms with Gasteiger partial charge in [-0.15, -0.1) is 0 Å². The van der Waals surface area contributed by atoms with Crippen LogP contribution in [0.1, 0.15) is 27.3 Å². The number of phenols is 1. The SMILES string of the molecule is O=C(NCCCNC(=O)c1ccc2ccccc2n1)c1cccc(O)c1. The number of carbonyl (C=O) groups excluding carboxylic acids is 2. The Hall–Kier alpha value is -3.41. The van der Waals surface area contributed by atoms with Gasteiger partial charge in [0.2, 0.25) is 0 Å². The first-order valence-electron chi connectivity index (χ1n) is 8.35. The molecule has 0 spiro atoms. The summed E-state index contributed by atoms with van der Waals surface area (Å²) in [4.78, 5) is 28.4. The van der Waals surface area contributed by atoms with Gasteiger partial charge in [0.25, 0.3) is 11.8 Å². The summed E-state index contributed by atoms with van der Waals surface area (Å²) < 4.78 is 0. The third-order valence-electron chi connectivity index (χ3n) is 3.86. The van der Waals surface area contributed by atoms with Crippen LogP contribution in [0.25, 0.3) is 10.9 Å². The number of benzene rings is 2. The molecule has 0 unspecified atom stereocenters. The minimum Gasteiger partial charge on any atom is -0.508 e. The van der Waals surface area contributed by atoms with E-state index in [2.05, 4.69) is 15.6 Å². The zero-order valence-corrected chi connectivity index (χ0v) is 14.1. The van der Waals surface area contributed by atoms with Crippen molar-refractivity contribution in [2.75, 3.05) is 13.1 Å². The van der Waals surface area contributed by atoms with Crippen molar-refractivity contribution >= 4 is 22.7 Å². The molecule has 26 heavy (non-hydrogen) atoms. The molecule has 3 rings (SSSR count). The van der Waals surface area contributed by atoms with Gasteiger partial charge in [0.05, 0.1) is 5.52 Å². The minimum absolute atomic E-state index is 0.0489. The number of hydrogen-bond acceptors (Lipinski definition) is 4. The molecule has 0 bridgehead atoms. The van der Waals surface area contributed by atoms with Crippen LogP contribution in [-0.2, 0) is 0 Å². The molecule has 6 heteroatoms. The van der Waals surface area contributed by atoms with Crippen molar-refractivity contribution in [1.82, 2.24) is 15.6 Å². The van der Waals surface area contributed by atoms with Gasteiger partial charge in [0, 0.05) is 24.0 Å². The molecule has 2 aromatic carbocycles. The van der Waals surface area contributed by atoms with Crippen LogP contribution in [-0.4, -0.2) is 35.0 Å². The van der Waals surface area contributed by atoms with E-state index in [9.17, 15) is 14.7 Å². The van der Waals surface area contributed by atoms with E-state index in [1.165, 1.54) is 12.1 Å². The highest BCUT2D eigenvalue weighted by molar-refractivity contribution is 5.95. The molecule has 0 aliphatic rings. The molecule has 6 nitrogen and oxygen atoms in total. The Kier molecular flexibility index (Phi) is 5.43. The summed E-state index contributed by atoms with van der Waals surface area (Å²) in [6, 6.07) is 17.3. The van der Waals surface area contributed by atoms with Crippen LogP contribution in [0.5, 0.6) is 5.75 Å². The number of hydrogen-bond donors (Lipinski definition) is 3. The average molecular weight is 349 g/mol. The lowest BCUT2D eigenvalue weighted by Crippen LogP contribution is -2.30. The number of rotatable bonds is 6. The summed E-state index contributed by atoms with van der Waals surface area (Å²) in [5.74, 6) is -0.453. The first-order valence-corrected chi connectivity index (χ1v) is 8.35. The van der Waals surface area contributed by atoms with Gasteiger partial charge in [-0.3, -0.25) is 9.59 Å². The summed E-state index contributed by atoms with van der Waals surface area (Å²) in [7, 11) is 0.